The van der Waals surface area contributed by atoms with Crippen molar-refractivity contribution in [3.63, 3.8) is 0 Å². The Morgan fingerprint density at radius 1 is 0.973 bits per heavy atom. The molecule has 0 aromatic heterocycles. The predicted octanol–water partition coefficient (Wildman–Crippen LogP) is 4.12. The van der Waals surface area contributed by atoms with Gasteiger partial charge in [-0.3, -0.25) is 14.4 Å². The topological polar surface area (TPSA) is 140 Å². The van der Waals surface area contributed by atoms with Gasteiger partial charge in [-0.25, -0.2) is 4.79 Å². The molecule has 1 atom stereocenters. The van der Waals surface area contributed by atoms with E-state index in [2.05, 4.69) is 21.3 Å². The molecule has 3 aromatic carbocycles. The van der Waals surface area contributed by atoms with Crippen molar-refractivity contribution in [2.45, 2.75) is 25.9 Å². The highest BCUT2D eigenvalue weighted by Crippen LogP contribution is 2.25. The van der Waals surface area contributed by atoms with Gasteiger partial charge in [-0.1, -0.05) is 18.2 Å². The molecule has 1 heterocycles. The molecule has 1 aliphatic heterocycles. The molecule has 1 unspecified atom stereocenters. The van der Waals surface area contributed by atoms with Crippen LogP contribution in [-0.4, -0.2) is 46.9 Å². The van der Waals surface area contributed by atoms with Gasteiger partial charge in [-0.2, -0.15) is 0 Å². The molecule has 0 saturated carbocycles. The Hall–Kier alpha value is -4.86. The number of benzene rings is 3. The number of nitrogens with one attached hydrogen (secondary N) is 4. The molecule has 0 radical (unpaired) electrons. The van der Waals surface area contributed by atoms with E-state index in [0.717, 1.165) is 5.56 Å². The number of carboxylic acids is 1. The van der Waals surface area contributed by atoms with Crippen molar-refractivity contribution in [2.75, 3.05) is 28.3 Å². The SMILES string of the molecule is Cc1ccccc1NC(=O)Nc1ccc(NC(=O)c2ccc3c(c2)CN(C)C(=O)C(CC(=O)O)N3)cc1. The predicted molar refractivity (Wildman–Crippen MR) is 141 cm³/mol. The molecular formula is C27H27N5O5. The molecular weight excluding hydrogens is 474 g/mol. The average Bonchev–Trinajstić information content (AvgIpc) is 2.97. The van der Waals surface area contributed by atoms with Crippen LogP contribution in [0.4, 0.5) is 27.5 Å². The van der Waals surface area contributed by atoms with Gasteiger partial charge in [-0.15, -0.1) is 0 Å². The molecule has 190 valence electrons. The minimum atomic E-state index is -1.08. The van der Waals surface area contributed by atoms with Crippen LogP contribution in [0.2, 0.25) is 0 Å². The molecule has 4 amide bonds. The van der Waals surface area contributed by atoms with Gasteiger partial charge < -0.3 is 31.3 Å². The van der Waals surface area contributed by atoms with E-state index in [1.54, 1.807) is 49.5 Å². The number of carbonyl (C=O) groups excluding carboxylic acids is 3. The number of hydrogen-bond acceptors (Lipinski definition) is 5. The Bertz CT molecular complexity index is 1360. The van der Waals surface area contributed by atoms with Crippen LogP contribution in [0.15, 0.2) is 66.7 Å². The van der Waals surface area contributed by atoms with Crippen LogP contribution in [0.1, 0.15) is 27.9 Å². The number of urea groups is 1. The maximum atomic E-state index is 12.9. The number of aryl methyl sites for hydroxylation is 1. The van der Waals surface area contributed by atoms with E-state index < -0.39 is 12.0 Å². The normalized spacial score (nSPS) is 14.6. The summed E-state index contributed by atoms with van der Waals surface area (Å²) in [4.78, 5) is 50.2. The zero-order chi connectivity index (χ0) is 26.5. The van der Waals surface area contributed by atoms with Gasteiger partial charge in [0, 0.05) is 41.9 Å². The number of carboxylic acid groups (broad SMARTS) is 1. The third kappa shape index (κ3) is 6.23. The number of likely N-dealkylation sites (N-methyl/N-ethyl adjacent to an activating group) is 1. The minimum absolute atomic E-state index is 0.239. The summed E-state index contributed by atoms with van der Waals surface area (Å²) < 4.78 is 0. The van der Waals surface area contributed by atoms with Crippen molar-refractivity contribution >= 4 is 46.6 Å². The lowest BCUT2D eigenvalue weighted by Crippen LogP contribution is -2.39. The first-order chi connectivity index (χ1) is 17.7. The highest BCUT2D eigenvalue weighted by atomic mass is 16.4. The maximum Gasteiger partial charge on any atom is 0.323 e. The number of aliphatic carboxylic acids is 1. The van der Waals surface area contributed by atoms with E-state index in [9.17, 15) is 19.2 Å². The Labute approximate surface area is 213 Å². The van der Waals surface area contributed by atoms with Crippen LogP contribution in [0.25, 0.3) is 0 Å². The van der Waals surface area contributed by atoms with Gasteiger partial charge in [0.1, 0.15) is 6.04 Å². The molecule has 3 aromatic rings. The molecule has 0 aliphatic carbocycles. The second-order valence-electron chi connectivity index (χ2n) is 8.79. The van der Waals surface area contributed by atoms with E-state index in [4.69, 9.17) is 5.11 Å². The Morgan fingerprint density at radius 2 is 1.65 bits per heavy atom. The number of anilines is 4. The number of carbonyl (C=O) groups is 4. The van der Waals surface area contributed by atoms with Gasteiger partial charge in [0.15, 0.2) is 0 Å². The van der Waals surface area contributed by atoms with E-state index in [-0.39, 0.29) is 30.8 Å². The number of fused-ring (bicyclic) bond motifs is 1. The third-order valence-electron chi connectivity index (χ3n) is 5.95. The smallest absolute Gasteiger partial charge is 0.323 e. The highest BCUT2D eigenvalue weighted by Gasteiger charge is 2.29. The lowest BCUT2D eigenvalue weighted by molar-refractivity contribution is -0.141. The summed E-state index contributed by atoms with van der Waals surface area (Å²) in [6.45, 7) is 2.14. The number of rotatable bonds is 6. The standard InChI is InChI=1S/C27H27N5O5/c1-16-5-3-4-6-21(16)31-27(37)29-20-10-8-19(9-11-20)28-25(35)17-7-12-22-18(13-17)15-32(2)26(36)23(30-22)14-24(33)34/h3-13,23,30H,14-15H2,1-2H3,(H,28,35)(H,33,34)(H2,29,31,37). The van der Waals surface area contributed by atoms with Crippen molar-refractivity contribution < 1.29 is 24.3 Å². The van der Waals surface area contributed by atoms with E-state index in [1.807, 2.05) is 31.2 Å². The number of nitrogens with zero attached hydrogens (tertiary/aromatic N) is 1. The molecule has 0 bridgehead atoms. The molecule has 10 nitrogen and oxygen atoms in total. The number of amides is 4. The van der Waals surface area contributed by atoms with Crippen molar-refractivity contribution in [2.24, 2.45) is 0 Å². The van der Waals surface area contributed by atoms with Gasteiger partial charge in [0.05, 0.1) is 6.42 Å². The molecule has 37 heavy (non-hydrogen) atoms. The number of para-hydroxylation sites is 1. The molecule has 5 N–H and O–H groups in total. The summed E-state index contributed by atoms with van der Waals surface area (Å²) in [6.07, 6.45) is -0.344. The number of hydrogen-bond donors (Lipinski definition) is 5. The molecule has 4 rings (SSSR count). The fourth-order valence-electron chi connectivity index (χ4n) is 4.01. The summed E-state index contributed by atoms with van der Waals surface area (Å²) in [7, 11) is 1.59. The summed E-state index contributed by atoms with van der Waals surface area (Å²) >= 11 is 0. The van der Waals surface area contributed by atoms with Crippen LogP contribution in [-0.2, 0) is 16.1 Å². The summed E-state index contributed by atoms with van der Waals surface area (Å²) in [5.41, 5.74) is 4.46. The van der Waals surface area contributed by atoms with Gasteiger partial charge in [0.2, 0.25) is 5.91 Å². The molecule has 0 fully saturated rings. The lowest BCUT2D eigenvalue weighted by atomic mass is 10.1. The third-order valence-corrected chi connectivity index (χ3v) is 5.95. The van der Waals surface area contributed by atoms with Gasteiger partial charge >= 0.3 is 12.0 Å². The van der Waals surface area contributed by atoms with Gasteiger partial charge in [0.25, 0.3) is 5.91 Å². The van der Waals surface area contributed by atoms with Crippen LogP contribution in [0, 0.1) is 6.92 Å². The van der Waals surface area contributed by atoms with Crippen molar-refractivity contribution in [3.8, 4) is 0 Å². The minimum Gasteiger partial charge on any atom is -0.481 e. The van der Waals surface area contributed by atoms with E-state index >= 15 is 0 Å². The molecule has 1 aliphatic rings. The monoisotopic (exact) mass is 501 g/mol. The van der Waals surface area contributed by atoms with E-state index in [1.165, 1.54) is 4.90 Å². The lowest BCUT2D eigenvalue weighted by Gasteiger charge is -2.19. The zero-order valence-corrected chi connectivity index (χ0v) is 20.4. The highest BCUT2D eigenvalue weighted by molar-refractivity contribution is 6.05. The van der Waals surface area contributed by atoms with Crippen LogP contribution in [0.5, 0.6) is 0 Å². The average molecular weight is 502 g/mol. The van der Waals surface area contributed by atoms with Crippen LogP contribution >= 0.6 is 0 Å². The summed E-state index contributed by atoms with van der Waals surface area (Å²) in [5, 5.41) is 20.5. The van der Waals surface area contributed by atoms with Crippen LogP contribution < -0.4 is 21.3 Å². The van der Waals surface area contributed by atoms with Crippen LogP contribution in [0.3, 0.4) is 0 Å². The van der Waals surface area contributed by atoms with Gasteiger partial charge in [-0.05, 0) is 66.6 Å². The Morgan fingerprint density at radius 3 is 2.32 bits per heavy atom. The molecule has 0 saturated heterocycles. The fourth-order valence-corrected chi connectivity index (χ4v) is 4.01. The Balaban J connectivity index is 1.39. The second kappa shape index (κ2) is 10.8. The quantitative estimate of drug-likeness (QED) is 0.344. The summed E-state index contributed by atoms with van der Waals surface area (Å²) in [5.74, 6) is -1.75. The molecule has 10 heteroatoms. The van der Waals surface area contributed by atoms with Crippen molar-refractivity contribution in [1.82, 2.24) is 4.90 Å². The maximum absolute atomic E-state index is 12.9. The first-order valence-electron chi connectivity index (χ1n) is 11.6. The first-order valence-corrected chi connectivity index (χ1v) is 11.6. The fraction of sp³-hybridized carbons (Fsp3) is 0.185. The summed E-state index contributed by atoms with van der Waals surface area (Å²) in [6, 6.07) is 17.9. The largest absolute Gasteiger partial charge is 0.481 e. The van der Waals surface area contributed by atoms with E-state index in [0.29, 0.717) is 33.9 Å². The first kappa shape index (κ1) is 25.2. The molecule has 0 spiro atoms. The van der Waals surface area contributed by atoms with Crippen molar-refractivity contribution in [1.29, 1.82) is 0 Å². The Kier molecular flexibility index (Phi) is 7.38. The second-order valence-corrected chi connectivity index (χ2v) is 8.79. The van der Waals surface area contributed by atoms with Crippen molar-refractivity contribution in [3.05, 3.63) is 83.4 Å². The zero-order valence-electron chi connectivity index (χ0n) is 20.4.